The molecule has 5 nitrogen and oxygen atoms in total. The van der Waals surface area contributed by atoms with Crippen molar-refractivity contribution < 1.29 is 14.3 Å². The van der Waals surface area contributed by atoms with Crippen molar-refractivity contribution in [2.45, 2.75) is 0 Å². The number of thiocarbonyl (C=S) groups is 1. The molecule has 0 aromatic heterocycles. The molecule has 0 radical (unpaired) electrons. The van der Waals surface area contributed by atoms with Crippen molar-refractivity contribution in [3.05, 3.63) is 84.4 Å². The molecular weight excluding hydrogens is 360 g/mol. The third-order valence-corrected chi connectivity index (χ3v) is 4.37. The van der Waals surface area contributed by atoms with Gasteiger partial charge in [-0.3, -0.25) is 15.0 Å². The van der Waals surface area contributed by atoms with Crippen molar-refractivity contribution >= 4 is 34.6 Å². The summed E-state index contributed by atoms with van der Waals surface area (Å²) in [6, 6.07) is 24.4. The van der Waals surface area contributed by atoms with Crippen molar-refractivity contribution in [1.82, 2.24) is 5.32 Å². The van der Waals surface area contributed by atoms with E-state index in [9.17, 15) is 4.79 Å². The van der Waals surface area contributed by atoms with Gasteiger partial charge >= 0.3 is 0 Å². The minimum Gasteiger partial charge on any atom is -0.454 e. The van der Waals surface area contributed by atoms with E-state index in [1.54, 1.807) is 18.2 Å². The van der Waals surface area contributed by atoms with Crippen LogP contribution in [0.3, 0.4) is 0 Å². The van der Waals surface area contributed by atoms with E-state index in [4.69, 9.17) is 21.7 Å². The normalized spacial score (nSPS) is 11.7. The van der Waals surface area contributed by atoms with Crippen LogP contribution < -0.4 is 19.7 Å². The second-order valence-corrected chi connectivity index (χ2v) is 6.22. The number of hydrogen-bond acceptors (Lipinski definition) is 4. The number of carbonyl (C=O) groups excluding carboxylic acids is 1. The maximum Gasteiger partial charge on any atom is 0.257 e. The molecule has 4 rings (SSSR count). The van der Waals surface area contributed by atoms with E-state index in [1.807, 2.05) is 65.6 Å². The molecule has 1 N–H and O–H groups in total. The molecular formula is C21H16N2O3S. The molecule has 6 heteroatoms. The molecule has 1 heterocycles. The van der Waals surface area contributed by atoms with Crippen LogP contribution in [-0.2, 0) is 0 Å². The highest BCUT2D eigenvalue weighted by molar-refractivity contribution is 7.80. The Morgan fingerprint density at radius 1 is 0.852 bits per heavy atom. The molecule has 0 unspecified atom stereocenters. The zero-order valence-corrected chi connectivity index (χ0v) is 15.1. The molecule has 0 atom stereocenters. The van der Waals surface area contributed by atoms with Gasteiger partial charge in [-0.05, 0) is 54.7 Å². The van der Waals surface area contributed by atoms with E-state index < -0.39 is 0 Å². The summed E-state index contributed by atoms with van der Waals surface area (Å²) in [5.41, 5.74) is 2.17. The molecule has 3 aromatic rings. The Labute approximate surface area is 162 Å². The van der Waals surface area contributed by atoms with E-state index in [0.717, 1.165) is 11.4 Å². The van der Waals surface area contributed by atoms with E-state index in [1.165, 1.54) is 0 Å². The number of nitrogens with zero attached hydrogens (tertiary/aromatic N) is 1. The van der Waals surface area contributed by atoms with Crippen LogP contribution in [-0.4, -0.2) is 17.8 Å². The van der Waals surface area contributed by atoms with Gasteiger partial charge in [0.05, 0.1) is 0 Å². The standard InChI is InChI=1S/C21H16N2O3S/c24-20(15-11-12-18-19(13-15)26-14-25-18)22-21(27)23(16-7-3-1-4-8-16)17-9-5-2-6-10-17/h1-13H,14H2,(H,22,24,27). The number of carbonyl (C=O) groups is 1. The second kappa shape index (κ2) is 7.47. The molecule has 134 valence electrons. The van der Waals surface area contributed by atoms with Crippen LogP contribution in [0.4, 0.5) is 11.4 Å². The van der Waals surface area contributed by atoms with Crippen molar-refractivity contribution in [1.29, 1.82) is 0 Å². The van der Waals surface area contributed by atoms with Crippen LogP contribution in [0.5, 0.6) is 11.5 Å². The Balaban J connectivity index is 1.59. The molecule has 1 aliphatic heterocycles. The van der Waals surface area contributed by atoms with Crippen molar-refractivity contribution in [3.8, 4) is 11.5 Å². The number of para-hydroxylation sites is 2. The molecule has 0 fully saturated rings. The van der Waals surface area contributed by atoms with Gasteiger partial charge in [-0.2, -0.15) is 0 Å². The third-order valence-electron chi connectivity index (χ3n) is 4.09. The lowest BCUT2D eigenvalue weighted by molar-refractivity contribution is 0.0977. The third kappa shape index (κ3) is 3.61. The number of amides is 1. The summed E-state index contributed by atoms with van der Waals surface area (Å²) in [5.74, 6) is 0.871. The molecule has 1 amide bonds. The van der Waals surface area contributed by atoms with Gasteiger partial charge in [0, 0.05) is 16.9 Å². The molecule has 0 saturated carbocycles. The van der Waals surface area contributed by atoms with Crippen LogP contribution in [0, 0.1) is 0 Å². The molecule has 0 aliphatic carbocycles. The number of benzene rings is 3. The minimum absolute atomic E-state index is 0.161. The fourth-order valence-electron chi connectivity index (χ4n) is 2.80. The van der Waals surface area contributed by atoms with Gasteiger partial charge in [0.25, 0.3) is 5.91 Å². The summed E-state index contributed by atoms with van der Waals surface area (Å²) in [7, 11) is 0. The number of nitrogens with one attached hydrogen (secondary N) is 1. The first-order valence-electron chi connectivity index (χ1n) is 8.37. The lowest BCUT2D eigenvalue weighted by atomic mass is 10.2. The summed E-state index contributed by atoms with van der Waals surface area (Å²) in [6.45, 7) is 0.161. The predicted molar refractivity (Wildman–Crippen MR) is 108 cm³/mol. The van der Waals surface area contributed by atoms with Crippen molar-refractivity contribution in [2.75, 3.05) is 11.7 Å². The topological polar surface area (TPSA) is 50.8 Å². The van der Waals surface area contributed by atoms with Gasteiger partial charge in [-0.25, -0.2) is 0 Å². The van der Waals surface area contributed by atoms with E-state index in [2.05, 4.69) is 5.32 Å². The average Bonchev–Trinajstić information content (AvgIpc) is 3.17. The second-order valence-electron chi connectivity index (χ2n) is 5.83. The lowest BCUT2D eigenvalue weighted by Gasteiger charge is -2.25. The van der Waals surface area contributed by atoms with Crippen LogP contribution in [0.1, 0.15) is 10.4 Å². The molecule has 0 bridgehead atoms. The molecule has 1 aliphatic rings. The minimum atomic E-state index is -0.310. The first-order chi connectivity index (χ1) is 13.2. The zero-order valence-electron chi connectivity index (χ0n) is 14.3. The maximum atomic E-state index is 12.7. The van der Waals surface area contributed by atoms with Gasteiger partial charge in [0.2, 0.25) is 6.79 Å². The quantitative estimate of drug-likeness (QED) is 0.692. The molecule has 3 aromatic carbocycles. The Hall–Kier alpha value is -3.38. The first-order valence-corrected chi connectivity index (χ1v) is 8.78. The maximum absolute atomic E-state index is 12.7. The number of anilines is 2. The molecule has 0 spiro atoms. The van der Waals surface area contributed by atoms with Gasteiger partial charge in [0.1, 0.15) is 0 Å². The lowest BCUT2D eigenvalue weighted by Crippen LogP contribution is -2.40. The smallest absolute Gasteiger partial charge is 0.257 e. The fourth-order valence-corrected chi connectivity index (χ4v) is 3.10. The van der Waals surface area contributed by atoms with Crippen molar-refractivity contribution in [3.63, 3.8) is 0 Å². The van der Waals surface area contributed by atoms with Gasteiger partial charge < -0.3 is 9.47 Å². The summed E-state index contributed by atoms with van der Waals surface area (Å²) in [5, 5.41) is 3.09. The first kappa shape index (κ1) is 17.1. The van der Waals surface area contributed by atoms with Gasteiger partial charge in [-0.1, -0.05) is 36.4 Å². The number of hydrogen-bond donors (Lipinski definition) is 1. The number of ether oxygens (including phenoxy) is 2. The molecule has 0 saturated heterocycles. The van der Waals surface area contributed by atoms with E-state index in [-0.39, 0.29) is 17.8 Å². The van der Waals surface area contributed by atoms with Crippen LogP contribution in [0.25, 0.3) is 0 Å². The Bertz CT molecular complexity index is 938. The van der Waals surface area contributed by atoms with Gasteiger partial charge in [-0.15, -0.1) is 0 Å². The summed E-state index contributed by atoms with van der Waals surface area (Å²) < 4.78 is 10.6. The fraction of sp³-hybridized carbons (Fsp3) is 0.0476. The predicted octanol–water partition coefficient (Wildman–Crippen LogP) is 4.27. The highest BCUT2D eigenvalue weighted by atomic mass is 32.1. The van der Waals surface area contributed by atoms with Crippen LogP contribution >= 0.6 is 12.2 Å². The highest BCUT2D eigenvalue weighted by Crippen LogP contribution is 2.32. The SMILES string of the molecule is O=C(NC(=S)N(c1ccccc1)c1ccccc1)c1ccc2c(c1)OCO2. The number of rotatable bonds is 3. The van der Waals surface area contributed by atoms with Gasteiger partial charge in [0.15, 0.2) is 16.6 Å². The summed E-state index contributed by atoms with van der Waals surface area (Å²) >= 11 is 5.55. The Morgan fingerprint density at radius 3 is 2.07 bits per heavy atom. The number of fused-ring (bicyclic) bond motifs is 1. The Morgan fingerprint density at radius 2 is 1.44 bits per heavy atom. The van der Waals surface area contributed by atoms with Crippen molar-refractivity contribution in [2.24, 2.45) is 0 Å². The zero-order chi connectivity index (χ0) is 18.6. The van der Waals surface area contributed by atoms with E-state index in [0.29, 0.717) is 17.1 Å². The van der Waals surface area contributed by atoms with E-state index >= 15 is 0 Å². The van der Waals surface area contributed by atoms with Crippen LogP contribution in [0.2, 0.25) is 0 Å². The monoisotopic (exact) mass is 376 g/mol. The largest absolute Gasteiger partial charge is 0.454 e. The van der Waals surface area contributed by atoms with Crippen LogP contribution in [0.15, 0.2) is 78.9 Å². The molecule has 27 heavy (non-hydrogen) atoms. The summed E-state index contributed by atoms with van der Waals surface area (Å²) in [6.07, 6.45) is 0. The average molecular weight is 376 g/mol. The Kier molecular flexibility index (Phi) is 4.72. The highest BCUT2D eigenvalue weighted by Gasteiger charge is 2.20. The summed E-state index contributed by atoms with van der Waals surface area (Å²) in [4.78, 5) is 14.5.